The van der Waals surface area contributed by atoms with Crippen molar-refractivity contribution in [3.8, 4) is 11.3 Å². The summed E-state index contributed by atoms with van der Waals surface area (Å²) in [6.45, 7) is 0. The van der Waals surface area contributed by atoms with Crippen molar-refractivity contribution in [1.29, 1.82) is 0 Å². The second kappa shape index (κ2) is 4.17. The van der Waals surface area contributed by atoms with Gasteiger partial charge in [-0.1, -0.05) is 35.5 Å². The van der Waals surface area contributed by atoms with Gasteiger partial charge in [0.25, 0.3) is 0 Å². The van der Waals surface area contributed by atoms with E-state index >= 15 is 0 Å². The fourth-order valence-electron chi connectivity index (χ4n) is 1.47. The number of alkyl halides is 3. The van der Waals surface area contributed by atoms with E-state index in [1.54, 1.807) is 18.2 Å². The van der Waals surface area contributed by atoms with Crippen molar-refractivity contribution in [3.63, 3.8) is 0 Å². The van der Waals surface area contributed by atoms with E-state index in [1.807, 2.05) is 0 Å². The normalized spacial score (nSPS) is 11.5. The Morgan fingerprint density at radius 3 is 2.33 bits per heavy atom. The summed E-state index contributed by atoms with van der Waals surface area (Å²) in [6, 6.07) is 7.62. The Balaban J connectivity index is 2.64. The van der Waals surface area contributed by atoms with Gasteiger partial charge in [0.05, 0.1) is 0 Å². The summed E-state index contributed by atoms with van der Waals surface area (Å²) >= 11 is 0. The van der Waals surface area contributed by atoms with Crippen LogP contribution in [0.4, 0.5) is 13.2 Å². The third kappa shape index (κ3) is 2.06. The van der Waals surface area contributed by atoms with Gasteiger partial charge in [0.2, 0.25) is 5.69 Å². The number of hydrogen-bond donors (Lipinski definition) is 1. The highest BCUT2D eigenvalue weighted by molar-refractivity contribution is 5.95. The van der Waals surface area contributed by atoms with Crippen LogP contribution in [0.25, 0.3) is 11.3 Å². The van der Waals surface area contributed by atoms with Crippen LogP contribution in [0.1, 0.15) is 16.1 Å². The van der Waals surface area contributed by atoms with E-state index in [2.05, 4.69) is 9.68 Å². The molecule has 0 atom stereocenters. The number of rotatable bonds is 2. The Hall–Kier alpha value is -2.31. The van der Waals surface area contributed by atoms with Gasteiger partial charge in [-0.25, -0.2) is 4.79 Å². The molecule has 0 saturated carbocycles. The van der Waals surface area contributed by atoms with Crippen molar-refractivity contribution < 1.29 is 27.6 Å². The molecule has 0 spiro atoms. The fourth-order valence-corrected chi connectivity index (χ4v) is 1.47. The molecular formula is C11H6F3NO3. The first-order valence-electron chi connectivity index (χ1n) is 4.77. The second-order valence-electron chi connectivity index (χ2n) is 3.40. The van der Waals surface area contributed by atoms with Gasteiger partial charge in [0.1, 0.15) is 5.56 Å². The molecule has 0 fully saturated rings. The van der Waals surface area contributed by atoms with Crippen LogP contribution in [0.15, 0.2) is 34.9 Å². The lowest BCUT2D eigenvalue weighted by Gasteiger charge is -2.02. The van der Waals surface area contributed by atoms with E-state index < -0.39 is 29.2 Å². The highest BCUT2D eigenvalue weighted by Gasteiger charge is 2.42. The van der Waals surface area contributed by atoms with E-state index in [-0.39, 0.29) is 5.56 Å². The second-order valence-corrected chi connectivity index (χ2v) is 3.40. The van der Waals surface area contributed by atoms with Crippen LogP contribution in [-0.2, 0) is 6.18 Å². The van der Waals surface area contributed by atoms with E-state index in [0.717, 1.165) is 0 Å². The van der Waals surface area contributed by atoms with Crippen molar-refractivity contribution in [3.05, 3.63) is 41.6 Å². The lowest BCUT2D eigenvalue weighted by atomic mass is 10.1. The minimum absolute atomic E-state index is 0.220. The van der Waals surface area contributed by atoms with Crippen LogP contribution in [0, 0.1) is 0 Å². The Morgan fingerprint density at radius 2 is 1.83 bits per heavy atom. The first-order valence-corrected chi connectivity index (χ1v) is 4.77. The van der Waals surface area contributed by atoms with Gasteiger partial charge in [-0.15, -0.1) is 0 Å². The molecular weight excluding hydrogens is 251 g/mol. The summed E-state index contributed by atoms with van der Waals surface area (Å²) in [4.78, 5) is 10.9. The third-order valence-electron chi connectivity index (χ3n) is 2.21. The molecule has 0 saturated heterocycles. The summed E-state index contributed by atoms with van der Waals surface area (Å²) in [7, 11) is 0. The Labute approximate surface area is 98.6 Å². The van der Waals surface area contributed by atoms with Gasteiger partial charge in [0, 0.05) is 5.56 Å². The Kier molecular flexibility index (Phi) is 2.82. The molecule has 0 aliphatic carbocycles. The van der Waals surface area contributed by atoms with Gasteiger partial charge in [-0.05, 0) is 0 Å². The molecule has 0 unspecified atom stereocenters. The van der Waals surface area contributed by atoms with Crippen LogP contribution >= 0.6 is 0 Å². The zero-order valence-corrected chi connectivity index (χ0v) is 8.73. The van der Waals surface area contributed by atoms with Gasteiger partial charge >= 0.3 is 12.1 Å². The van der Waals surface area contributed by atoms with Crippen molar-refractivity contribution in [2.45, 2.75) is 6.18 Å². The van der Waals surface area contributed by atoms with Gasteiger partial charge < -0.3 is 9.63 Å². The van der Waals surface area contributed by atoms with E-state index in [1.165, 1.54) is 12.1 Å². The minimum Gasteiger partial charge on any atom is -0.477 e. The maximum absolute atomic E-state index is 12.6. The first-order chi connectivity index (χ1) is 8.41. The zero-order valence-electron chi connectivity index (χ0n) is 8.73. The topological polar surface area (TPSA) is 63.3 Å². The quantitative estimate of drug-likeness (QED) is 0.897. The smallest absolute Gasteiger partial charge is 0.437 e. The Bertz CT molecular complexity index is 575. The highest BCUT2D eigenvalue weighted by atomic mass is 19.4. The molecule has 7 heteroatoms. The molecule has 94 valence electrons. The molecule has 1 aromatic heterocycles. The first kappa shape index (κ1) is 12.2. The summed E-state index contributed by atoms with van der Waals surface area (Å²) in [5.74, 6) is -2.14. The van der Waals surface area contributed by atoms with Gasteiger partial charge in [-0.2, -0.15) is 13.2 Å². The molecule has 4 nitrogen and oxygen atoms in total. The monoisotopic (exact) mass is 257 g/mol. The Morgan fingerprint density at radius 1 is 1.22 bits per heavy atom. The number of aromatic carboxylic acids is 1. The molecule has 18 heavy (non-hydrogen) atoms. The number of carbonyl (C=O) groups is 1. The number of benzene rings is 1. The van der Waals surface area contributed by atoms with Crippen LogP contribution in [0.3, 0.4) is 0 Å². The SMILES string of the molecule is O=C(O)c1c(C(F)(F)F)noc1-c1ccccc1. The number of halogens is 3. The molecule has 2 rings (SSSR count). The largest absolute Gasteiger partial charge is 0.477 e. The predicted octanol–water partition coefficient (Wildman–Crippen LogP) is 3.06. The molecule has 1 aromatic carbocycles. The molecule has 1 heterocycles. The fraction of sp³-hybridized carbons (Fsp3) is 0.0909. The number of carboxylic acid groups (broad SMARTS) is 1. The lowest BCUT2D eigenvalue weighted by Crippen LogP contribution is -2.12. The summed E-state index contributed by atoms with van der Waals surface area (Å²) < 4.78 is 42.2. The average molecular weight is 257 g/mol. The maximum atomic E-state index is 12.6. The minimum atomic E-state index is -4.87. The van der Waals surface area contributed by atoms with Crippen LogP contribution < -0.4 is 0 Å². The zero-order chi connectivity index (χ0) is 13.3. The van der Waals surface area contributed by atoms with Crippen LogP contribution in [-0.4, -0.2) is 16.2 Å². The van der Waals surface area contributed by atoms with Crippen molar-refractivity contribution in [2.24, 2.45) is 0 Å². The van der Waals surface area contributed by atoms with Crippen molar-refractivity contribution in [1.82, 2.24) is 5.16 Å². The lowest BCUT2D eigenvalue weighted by molar-refractivity contribution is -0.143. The summed E-state index contributed by atoms with van der Waals surface area (Å²) in [6.07, 6.45) is -4.87. The molecule has 0 bridgehead atoms. The average Bonchev–Trinajstić information content (AvgIpc) is 2.74. The molecule has 0 aliphatic heterocycles. The number of carboxylic acids is 1. The molecule has 0 aliphatic rings. The standard InChI is InChI=1S/C11H6F3NO3/c12-11(13,14)9-7(10(16)17)8(18-15-9)6-4-2-1-3-5-6/h1-5H,(H,16,17). The van der Waals surface area contributed by atoms with Crippen molar-refractivity contribution >= 4 is 5.97 Å². The molecule has 1 N–H and O–H groups in total. The number of nitrogens with zero attached hydrogens (tertiary/aromatic N) is 1. The van der Waals surface area contributed by atoms with Gasteiger partial charge in [-0.3, -0.25) is 0 Å². The molecule has 0 amide bonds. The van der Waals surface area contributed by atoms with E-state index in [0.29, 0.717) is 0 Å². The summed E-state index contributed by atoms with van der Waals surface area (Å²) in [5.41, 5.74) is -2.29. The van der Waals surface area contributed by atoms with Crippen LogP contribution in [0.5, 0.6) is 0 Å². The third-order valence-corrected chi connectivity index (χ3v) is 2.21. The molecule has 0 radical (unpaired) electrons. The maximum Gasteiger partial charge on any atom is 0.437 e. The molecule has 2 aromatic rings. The van der Waals surface area contributed by atoms with Gasteiger partial charge in [0.15, 0.2) is 5.76 Å². The van der Waals surface area contributed by atoms with Crippen LogP contribution in [0.2, 0.25) is 0 Å². The van der Waals surface area contributed by atoms with E-state index in [4.69, 9.17) is 5.11 Å². The number of hydrogen-bond acceptors (Lipinski definition) is 3. The van der Waals surface area contributed by atoms with Crippen molar-refractivity contribution in [2.75, 3.05) is 0 Å². The number of aromatic nitrogens is 1. The van der Waals surface area contributed by atoms with E-state index in [9.17, 15) is 18.0 Å². The highest BCUT2D eigenvalue weighted by Crippen LogP contribution is 2.36. The predicted molar refractivity (Wildman–Crippen MR) is 53.9 cm³/mol. The summed E-state index contributed by atoms with van der Waals surface area (Å²) in [5, 5.41) is 11.7.